The van der Waals surface area contributed by atoms with Crippen molar-refractivity contribution in [1.29, 1.82) is 5.26 Å². The number of carbonyl (C=O) groups excluding carboxylic acids is 2. The van der Waals surface area contributed by atoms with Gasteiger partial charge in [-0.05, 0) is 18.6 Å². The topological polar surface area (TPSA) is 70.0 Å². The molecule has 1 N–H and O–H groups in total. The van der Waals surface area contributed by atoms with E-state index < -0.39 is 10.7 Å². The first-order chi connectivity index (χ1) is 8.65. The lowest BCUT2D eigenvalue weighted by Gasteiger charge is -2.43. The summed E-state index contributed by atoms with van der Waals surface area (Å²) in [6.45, 7) is 2.16. The maximum absolute atomic E-state index is 11.9. The minimum Gasteiger partial charge on any atom is -0.295 e. The molecule has 2 amide bonds. The van der Waals surface area contributed by atoms with Crippen molar-refractivity contribution in [2.75, 3.05) is 5.75 Å². The van der Waals surface area contributed by atoms with Crippen LogP contribution in [0.15, 0.2) is 0 Å². The van der Waals surface area contributed by atoms with Crippen LogP contribution in [0.5, 0.6) is 0 Å². The van der Waals surface area contributed by atoms with Crippen molar-refractivity contribution < 1.29 is 9.59 Å². The SMILES string of the molecule is CCCCCCS[C@]12C[C@@H](C#N)[C@H]1C(=O)NC2=O. The highest BCUT2D eigenvalue weighted by atomic mass is 32.2. The zero-order valence-corrected chi connectivity index (χ0v) is 11.4. The van der Waals surface area contributed by atoms with Crippen molar-refractivity contribution in [2.24, 2.45) is 11.8 Å². The summed E-state index contributed by atoms with van der Waals surface area (Å²) in [7, 11) is 0. The molecule has 0 aromatic carbocycles. The summed E-state index contributed by atoms with van der Waals surface area (Å²) < 4.78 is -0.621. The Morgan fingerprint density at radius 3 is 2.89 bits per heavy atom. The van der Waals surface area contributed by atoms with E-state index in [0.717, 1.165) is 12.2 Å². The van der Waals surface area contributed by atoms with Crippen molar-refractivity contribution in [1.82, 2.24) is 5.32 Å². The molecule has 2 fully saturated rings. The highest BCUT2D eigenvalue weighted by Gasteiger charge is 2.67. The van der Waals surface area contributed by atoms with E-state index in [1.807, 2.05) is 0 Å². The van der Waals surface area contributed by atoms with Crippen molar-refractivity contribution in [3.05, 3.63) is 0 Å². The number of fused-ring (bicyclic) bond motifs is 1. The smallest absolute Gasteiger partial charge is 0.243 e. The Bertz CT molecular complexity index is 404. The van der Waals surface area contributed by atoms with Crippen LogP contribution in [-0.4, -0.2) is 22.3 Å². The molecule has 0 aromatic rings. The molecule has 18 heavy (non-hydrogen) atoms. The molecule has 3 atom stereocenters. The Morgan fingerprint density at radius 2 is 2.22 bits per heavy atom. The fourth-order valence-corrected chi connectivity index (χ4v) is 4.42. The molecular formula is C13H18N2O2S. The summed E-state index contributed by atoms with van der Waals surface area (Å²) >= 11 is 1.58. The average molecular weight is 266 g/mol. The van der Waals surface area contributed by atoms with Crippen LogP contribution in [-0.2, 0) is 9.59 Å². The van der Waals surface area contributed by atoms with E-state index in [2.05, 4.69) is 18.3 Å². The third-order valence-electron chi connectivity index (χ3n) is 3.85. The van der Waals surface area contributed by atoms with Gasteiger partial charge in [0.15, 0.2) is 0 Å². The fourth-order valence-electron chi connectivity index (χ4n) is 2.78. The molecule has 0 bridgehead atoms. The molecule has 2 aliphatic rings. The van der Waals surface area contributed by atoms with E-state index in [9.17, 15) is 9.59 Å². The summed E-state index contributed by atoms with van der Waals surface area (Å²) in [5, 5.41) is 11.3. The average Bonchev–Trinajstić information content (AvgIpc) is 2.48. The molecule has 1 saturated carbocycles. The van der Waals surface area contributed by atoms with Crippen molar-refractivity contribution in [3.63, 3.8) is 0 Å². The van der Waals surface area contributed by atoms with Gasteiger partial charge in [0.1, 0.15) is 4.75 Å². The van der Waals surface area contributed by atoms with Gasteiger partial charge in [0.25, 0.3) is 0 Å². The predicted octanol–water partition coefficient (Wildman–Crippen LogP) is 1.85. The van der Waals surface area contributed by atoms with Gasteiger partial charge in [-0.2, -0.15) is 5.26 Å². The van der Waals surface area contributed by atoms with Gasteiger partial charge in [-0.15, -0.1) is 11.8 Å². The number of hydrogen-bond acceptors (Lipinski definition) is 4. The first kappa shape index (κ1) is 13.4. The third kappa shape index (κ3) is 2.03. The molecule has 0 spiro atoms. The Labute approximate surface area is 111 Å². The third-order valence-corrected chi connectivity index (χ3v) is 5.47. The van der Waals surface area contributed by atoms with Gasteiger partial charge in [-0.25, -0.2) is 0 Å². The maximum atomic E-state index is 11.9. The van der Waals surface area contributed by atoms with Gasteiger partial charge in [0, 0.05) is 0 Å². The number of rotatable bonds is 6. The zero-order valence-electron chi connectivity index (χ0n) is 10.6. The van der Waals surface area contributed by atoms with Gasteiger partial charge in [-0.3, -0.25) is 14.9 Å². The van der Waals surface area contributed by atoms with Crippen LogP contribution < -0.4 is 5.32 Å². The van der Waals surface area contributed by atoms with E-state index in [-0.39, 0.29) is 17.7 Å². The molecule has 4 nitrogen and oxygen atoms in total. The van der Waals surface area contributed by atoms with Crippen LogP contribution in [0.4, 0.5) is 0 Å². The van der Waals surface area contributed by atoms with Gasteiger partial charge in [-0.1, -0.05) is 26.2 Å². The van der Waals surface area contributed by atoms with Crippen LogP contribution in [0.1, 0.15) is 39.0 Å². The van der Waals surface area contributed by atoms with E-state index in [4.69, 9.17) is 5.26 Å². The van der Waals surface area contributed by atoms with E-state index in [1.165, 1.54) is 19.3 Å². The van der Waals surface area contributed by atoms with E-state index in [0.29, 0.717) is 6.42 Å². The number of amides is 2. The minimum absolute atomic E-state index is 0.176. The molecule has 1 heterocycles. The first-order valence-electron chi connectivity index (χ1n) is 6.54. The first-order valence-corrected chi connectivity index (χ1v) is 7.53. The van der Waals surface area contributed by atoms with Gasteiger partial charge < -0.3 is 0 Å². The predicted molar refractivity (Wildman–Crippen MR) is 69.7 cm³/mol. The molecule has 1 saturated heterocycles. The number of imide groups is 1. The molecule has 98 valence electrons. The molecule has 1 aliphatic heterocycles. The lowest BCUT2D eigenvalue weighted by molar-refractivity contribution is -0.126. The normalized spacial score (nSPS) is 33.6. The van der Waals surface area contributed by atoms with Gasteiger partial charge >= 0.3 is 0 Å². The second-order valence-corrected chi connectivity index (χ2v) is 6.46. The van der Waals surface area contributed by atoms with Crippen LogP contribution in [0.3, 0.4) is 0 Å². The largest absolute Gasteiger partial charge is 0.295 e. The molecule has 2 rings (SSSR count). The number of thioether (sulfide) groups is 1. The lowest BCUT2D eigenvalue weighted by Crippen LogP contribution is -2.53. The fraction of sp³-hybridized carbons (Fsp3) is 0.769. The number of carbonyl (C=O) groups is 2. The minimum atomic E-state index is -0.621. The Kier molecular flexibility index (Phi) is 3.96. The van der Waals surface area contributed by atoms with Crippen molar-refractivity contribution in [3.8, 4) is 6.07 Å². The number of nitrogens with zero attached hydrogens (tertiary/aromatic N) is 1. The Morgan fingerprint density at radius 1 is 1.44 bits per heavy atom. The summed E-state index contributed by atoms with van der Waals surface area (Å²) in [6.07, 6.45) is 5.17. The summed E-state index contributed by atoms with van der Waals surface area (Å²) in [6, 6.07) is 2.13. The monoisotopic (exact) mass is 266 g/mol. The molecule has 5 heteroatoms. The summed E-state index contributed by atoms with van der Waals surface area (Å²) in [4.78, 5) is 23.5. The molecular weight excluding hydrogens is 248 g/mol. The van der Waals surface area contributed by atoms with Gasteiger partial charge in [0.2, 0.25) is 11.8 Å². The maximum Gasteiger partial charge on any atom is 0.243 e. The van der Waals surface area contributed by atoms with Crippen LogP contribution in [0, 0.1) is 23.2 Å². The zero-order chi connectivity index (χ0) is 13.2. The summed E-state index contributed by atoms with van der Waals surface area (Å²) in [5.41, 5.74) is 0. The number of nitriles is 1. The quantitative estimate of drug-likeness (QED) is 0.588. The lowest BCUT2D eigenvalue weighted by atomic mass is 9.66. The van der Waals surface area contributed by atoms with Crippen LogP contribution in [0.25, 0.3) is 0 Å². The highest BCUT2D eigenvalue weighted by molar-refractivity contribution is 8.01. The Hall–Kier alpha value is -1.02. The molecule has 0 radical (unpaired) electrons. The summed E-state index contributed by atoms with van der Waals surface area (Å²) in [5.74, 6) is -0.218. The second kappa shape index (κ2) is 5.31. The standard InChI is InChI=1S/C13H18N2O2S/c1-2-3-4-5-6-18-13-7-9(8-14)10(13)11(16)15-12(13)17/h9-10H,2-7H2,1H3,(H,15,16,17)/t9-,10-,13+/m0/s1. The molecule has 1 aliphatic carbocycles. The number of unbranched alkanes of at least 4 members (excludes halogenated alkanes) is 3. The van der Waals surface area contributed by atoms with E-state index in [1.54, 1.807) is 11.8 Å². The highest BCUT2D eigenvalue weighted by Crippen LogP contribution is 2.55. The van der Waals surface area contributed by atoms with Gasteiger partial charge in [0.05, 0.1) is 17.9 Å². The second-order valence-electron chi connectivity index (χ2n) is 5.03. The molecule has 0 unspecified atom stereocenters. The van der Waals surface area contributed by atoms with Crippen molar-refractivity contribution in [2.45, 2.75) is 43.8 Å². The molecule has 0 aromatic heterocycles. The van der Waals surface area contributed by atoms with Crippen LogP contribution in [0.2, 0.25) is 0 Å². The van der Waals surface area contributed by atoms with E-state index >= 15 is 0 Å². The van der Waals surface area contributed by atoms with Crippen LogP contribution >= 0.6 is 11.8 Å². The Balaban J connectivity index is 1.91. The number of nitrogens with one attached hydrogen (secondary N) is 1. The van der Waals surface area contributed by atoms with Crippen molar-refractivity contribution >= 4 is 23.6 Å². The number of hydrogen-bond donors (Lipinski definition) is 1.